The Morgan fingerprint density at radius 1 is 1.09 bits per heavy atom. The molecule has 2 aromatic carbocycles. The first kappa shape index (κ1) is 25.2. The van der Waals surface area contributed by atoms with E-state index >= 15 is 0 Å². The third kappa shape index (κ3) is 6.79. The molecule has 33 heavy (non-hydrogen) atoms. The zero-order valence-corrected chi connectivity index (χ0v) is 21.2. The maximum atomic E-state index is 13.0. The van der Waals surface area contributed by atoms with E-state index < -0.39 is 11.0 Å². The summed E-state index contributed by atoms with van der Waals surface area (Å²) in [6.07, 6.45) is 0.288. The Morgan fingerprint density at radius 3 is 2.27 bits per heavy atom. The van der Waals surface area contributed by atoms with E-state index in [0.717, 1.165) is 53.5 Å². The highest BCUT2D eigenvalue weighted by Gasteiger charge is 2.18. The summed E-state index contributed by atoms with van der Waals surface area (Å²) in [5.41, 5.74) is 4.14. The van der Waals surface area contributed by atoms with E-state index in [1.807, 2.05) is 26.0 Å². The summed E-state index contributed by atoms with van der Waals surface area (Å²) >= 11 is 0. The van der Waals surface area contributed by atoms with Crippen LogP contribution < -0.4 is 15.0 Å². The van der Waals surface area contributed by atoms with Crippen molar-refractivity contribution in [1.82, 2.24) is 14.5 Å². The smallest absolute Gasteiger partial charge is 0.221 e. The normalized spacial score (nSPS) is 15.5. The Hall–Kier alpha value is -2.42. The largest absolute Gasteiger partial charge is 0.497 e. The number of carbonyl (C=O) groups excluding carboxylic acids is 1. The standard InChI is InChI=1S/C25H36N4O3S/c1-19-16-23(32-5)17-20(2)25(19)33(31)28(4)11-10-24(30)26-18-21-6-8-22(9-7-21)29-14-12-27(3)13-15-29/h6-9,16-17H,10-15,18H2,1-5H3,(H,26,30). The van der Waals surface area contributed by atoms with Crippen LogP contribution in [0.2, 0.25) is 0 Å². The van der Waals surface area contributed by atoms with Gasteiger partial charge in [0.2, 0.25) is 5.91 Å². The van der Waals surface area contributed by atoms with Gasteiger partial charge in [-0.15, -0.1) is 0 Å². The SMILES string of the molecule is COc1cc(C)c(S(=O)N(C)CCC(=O)NCc2ccc(N3CCN(C)CC3)cc2)c(C)c1. The lowest BCUT2D eigenvalue weighted by Gasteiger charge is -2.34. The van der Waals surface area contributed by atoms with Crippen LogP contribution in [-0.2, 0) is 22.3 Å². The average molecular weight is 473 g/mol. The quantitative estimate of drug-likeness (QED) is 0.608. The van der Waals surface area contributed by atoms with Gasteiger partial charge in [-0.25, -0.2) is 8.51 Å². The first-order valence-corrected chi connectivity index (χ1v) is 12.5. The van der Waals surface area contributed by atoms with Crippen molar-refractivity contribution in [1.29, 1.82) is 0 Å². The Kier molecular flexibility index (Phi) is 8.88. The highest BCUT2D eigenvalue weighted by Crippen LogP contribution is 2.25. The van der Waals surface area contributed by atoms with E-state index in [0.29, 0.717) is 13.1 Å². The van der Waals surface area contributed by atoms with E-state index in [1.165, 1.54) is 5.69 Å². The number of amides is 1. The minimum absolute atomic E-state index is 0.0508. The van der Waals surface area contributed by atoms with E-state index in [4.69, 9.17) is 4.74 Å². The number of anilines is 1. The average Bonchev–Trinajstić information content (AvgIpc) is 2.81. The molecule has 1 heterocycles. The number of benzene rings is 2. The zero-order chi connectivity index (χ0) is 24.0. The van der Waals surface area contributed by atoms with Crippen LogP contribution >= 0.6 is 0 Å². The third-order valence-corrected chi connectivity index (χ3v) is 7.82. The minimum Gasteiger partial charge on any atom is -0.497 e. The lowest BCUT2D eigenvalue weighted by atomic mass is 10.1. The number of piperazine rings is 1. The Morgan fingerprint density at radius 2 is 1.70 bits per heavy atom. The number of nitrogens with one attached hydrogen (secondary N) is 1. The van der Waals surface area contributed by atoms with Crippen LogP contribution in [0.3, 0.4) is 0 Å². The van der Waals surface area contributed by atoms with Gasteiger partial charge in [0.1, 0.15) is 16.7 Å². The fraction of sp³-hybridized carbons (Fsp3) is 0.480. The maximum Gasteiger partial charge on any atom is 0.221 e. The molecule has 1 atom stereocenters. The molecule has 0 spiro atoms. The number of likely N-dealkylation sites (N-methyl/N-ethyl adjacent to an activating group) is 1. The molecule has 0 aliphatic carbocycles. The van der Waals surface area contributed by atoms with Crippen molar-refractivity contribution in [2.75, 3.05) is 58.8 Å². The number of hydrogen-bond donors (Lipinski definition) is 1. The second-order valence-corrected chi connectivity index (χ2v) is 10.2. The summed E-state index contributed by atoms with van der Waals surface area (Å²) in [7, 11) is 4.22. The molecule has 0 aromatic heterocycles. The molecule has 2 aromatic rings. The third-order valence-electron chi connectivity index (χ3n) is 6.08. The molecule has 8 heteroatoms. The van der Waals surface area contributed by atoms with Crippen molar-refractivity contribution >= 4 is 22.6 Å². The summed E-state index contributed by atoms with van der Waals surface area (Å²) < 4.78 is 20.0. The fourth-order valence-corrected chi connectivity index (χ4v) is 5.22. The predicted molar refractivity (Wildman–Crippen MR) is 134 cm³/mol. The maximum absolute atomic E-state index is 13.0. The first-order valence-electron chi connectivity index (χ1n) is 11.4. The van der Waals surface area contributed by atoms with E-state index in [2.05, 4.69) is 46.4 Å². The molecular formula is C25H36N4O3S. The summed E-state index contributed by atoms with van der Waals surface area (Å²) in [5.74, 6) is 0.703. The van der Waals surface area contributed by atoms with Crippen LogP contribution in [0.5, 0.6) is 5.75 Å². The molecule has 1 aliphatic rings. The lowest BCUT2D eigenvalue weighted by molar-refractivity contribution is -0.121. The molecule has 0 radical (unpaired) electrons. The van der Waals surface area contributed by atoms with Crippen molar-refractivity contribution in [3.05, 3.63) is 53.1 Å². The van der Waals surface area contributed by atoms with Crippen molar-refractivity contribution in [3.8, 4) is 5.75 Å². The molecule has 1 amide bonds. The van der Waals surface area contributed by atoms with Crippen molar-refractivity contribution < 1.29 is 13.7 Å². The first-order chi connectivity index (χ1) is 15.8. The molecule has 180 valence electrons. The summed E-state index contributed by atoms with van der Waals surface area (Å²) in [6, 6.07) is 12.2. The van der Waals surface area contributed by atoms with Crippen LogP contribution in [0.15, 0.2) is 41.3 Å². The fourth-order valence-electron chi connectivity index (χ4n) is 3.98. The van der Waals surface area contributed by atoms with Crippen molar-refractivity contribution in [3.63, 3.8) is 0 Å². The highest BCUT2D eigenvalue weighted by molar-refractivity contribution is 7.82. The molecule has 1 N–H and O–H groups in total. The molecule has 0 saturated carbocycles. The van der Waals surface area contributed by atoms with Crippen molar-refractivity contribution in [2.45, 2.75) is 31.7 Å². The van der Waals surface area contributed by atoms with Crippen LogP contribution in [0.1, 0.15) is 23.1 Å². The molecule has 1 saturated heterocycles. The monoisotopic (exact) mass is 472 g/mol. The van der Waals surface area contributed by atoms with Crippen LogP contribution in [0.25, 0.3) is 0 Å². The highest BCUT2D eigenvalue weighted by atomic mass is 32.2. The minimum atomic E-state index is -1.34. The number of rotatable bonds is 9. The lowest BCUT2D eigenvalue weighted by Crippen LogP contribution is -2.44. The van der Waals surface area contributed by atoms with E-state index in [9.17, 15) is 9.00 Å². The van der Waals surface area contributed by atoms with Gasteiger partial charge in [0.05, 0.1) is 12.0 Å². The van der Waals surface area contributed by atoms with Gasteiger partial charge in [-0.05, 0) is 61.9 Å². The topological polar surface area (TPSA) is 65.1 Å². The van der Waals surface area contributed by atoms with Gasteiger partial charge in [-0.1, -0.05) is 12.1 Å². The Balaban J connectivity index is 1.46. The van der Waals surface area contributed by atoms with E-state index in [1.54, 1.807) is 18.5 Å². The van der Waals surface area contributed by atoms with Gasteiger partial charge >= 0.3 is 0 Å². The van der Waals surface area contributed by atoms with Gasteiger partial charge in [-0.3, -0.25) is 4.79 Å². The van der Waals surface area contributed by atoms with Crippen LogP contribution in [-0.4, -0.2) is 73.3 Å². The van der Waals surface area contributed by atoms with Crippen LogP contribution in [0, 0.1) is 13.8 Å². The van der Waals surface area contributed by atoms with Crippen molar-refractivity contribution in [2.24, 2.45) is 0 Å². The summed E-state index contributed by atoms with van der Waals surface area (Å²) in [4.78, 5) is 17.9. The number of hydrogen-bond acceptors (Lipinski definition) is 5. The number of carbonyl (C=O) groups is 1. The molecule has 0 bridgehead atoms. The second kappa shape index (κ2) is 11.6. The number of methoxy groups -OCH3 is 1. The Bertz CT molecular complexity index is 949. The van der Waals surface area contributed by atoms with E-state index in [-0.39, 0.29) is 12.3 Å². The number of ether oxygens (including phenoxy) is 1. The molecule has 1 fully saturated rings. The predicted octanol–water partition coefficient (Wildman–Crippen LogP) is 2.72. The number of aryl methyl sites for hydroxylation is 2. The summed E-state index contributed by atoms with van der Waals surface area (Å²) in [6.45, 7) is 8.99. The molecular weight excluding hydrogens is 436 g/mol. The van der Waals surface area contributed by atoms with Gasteiger partial charge in [0.15, 0.2) is 0 Å². The molecule has 7 nitrogen and oxygen atoms in total. The molecule has 1 unspecified atom stereocenters. The zero-order valence-electron chi connectivity index (χ0n) is 20.4. The van der Waals surface area contributed by atoms with Gasteiger partial charge in [0, 0.05) is 58.4 Å². The Labute approximate surface area is 200 Å². The van der Waals surface area contributed by atoms with Gasteiger partial charge in [0.25, 0.3) is 0 Å². The summed E-state index contributed by atoms with van der Waals surface area (Å²) in [5, 5.41) is 2.97. The van der Waals surface area contributed by atoms with Gasteiger partial charge in [-0.2, -0.15) is 0 Å². The second-order valence-electron chi connectivity index (χ2n) is 8.67. The van der Waals surface area contributed by atoms with Crippen LogP contribution in [0.4, 0.5) is 5.69 Å². The molecule has 3 rings (SSSR count). The number of nitrogens with zero attached hydrogens (tertiary/aromatic N) is 3. The van der Waals surface area contributed by atoms with Gasteiger partial charge < -0.3 is 19.9 Å². The molecule has 1 aliphatic heterocycles.